The van der Waals surface area contributed by atoms with Crippen LogP contribution in [0.4, 0.5) is 64.9 Å². The highest BCUT2D eigenvalue weighted by Crippen LogP contribution is 2.36. The molecule has 0 atom stereocenters. The zero-order chi connectivity index (χ0) is 105. The minimum Gasteiger partial charge on any atom is -0.489 e. The van der Waals surface area contributed by atoms with Gasteiger partial charge in [-0.25, -0.2) is 30.7 Å². The molecule has 0 amide bonds. The van der Waals surface area contributed by atoms with Crippen molar-refractivity contribution in [1.82, 2.24) is 0 Å². The number of benzene rings is 12. The van der Waals surface area contributed by atoms with Gasteiger partial charge in [0, 0.05) is 74.9 Å². The van der Waals surface area contributed by atoms with E-state index in [0.29, 0.717) is 59.8 Å². The van der Waals surface area contributed by atoms with E-state index in [0.717, 1.165) is 132 Å². The van der Waals surface area contributed by atoms with Crippen LogP contribution in [0, 0.1) is 141 Å². The number of nitrogens with one attached hydrogen (secondary N) is 6. The number of anilines is 6. The van der Waals surface area contributed by atoms with Gasteiger partial charge in [0.1, 0.15) is 80.0 Å². The molecule has 0 bridgehead atoms. The number of thiocarbonyl (C=S) groups is 6. The zero-order valence-electron chi connectivity index (χ0n) is 83.0. The van der Waals surface area contributed by atoms with E-state index >= 15 is 0 Å². The first kappa shape index (κ1) is 119. The van der Waals surface area contributed by atoms with Gasteiger partial charge in [0.05, 0.1) is 5.69 Å². The maximum atomic E-state index is 14.2. The summed E-state index contributed by atoms with van der Waals surface area (Å²) in [5.74, 6) is 4.44. The van der Waals surface area contributed by atoms with Gasteiger partial charge in [-0.3, -0.25) is 0 Å². The van der Waals surface area contributed by atoms with Gasteiger partial charge in [-0.15, -0.1) is 0 Å². The van der Waals surface area contributed by atoms with Crippen LogP contribution in [-0.4, -0.2) is 72.2 Å². The van der Waals surface area contributed by atoms with Crippen molar-refractivity contribution in [3.05, 3.63) is 346 Å². The Labute approximate surface area is 893 Å². The van der Waals surface area contributed by atoms with Crippen molar-refractivity contribution in [3.8, 4) is 34.5 Å². The lowest BCUT2D eigenvalue weighted by molar-refractivity contribution is 0.184. The van der Waals surface area contributed by atoms with Crippen LogP contribution in [0.1, 0.15) is 139 Å². The van der Waals surface area contributed by atoms with Gasteiger partial charge in [-0.1, -0.05) is 119 Å². The van der Waals surface area contributed by atoms with Crippen molar-refractivity contribution in [2.75, 3.05) is 73.1 Å². The summed E-state index contributed by atoms with van der Waals surface area (Å²) in [5, 5.41) is 17.4. The van der Waals surface area contributed by atoms with Crippen LogP contribution in [0.2, 0.25) is 5.02 Å². The molecule has 18 nitrogen and oxygen atoms in total. The highest BCUT2D eigenvalue weighted by atomic mass is 127. The summed E-state index contributed by atoms with van der Waals surface area (Å²) in [6.07, 6.45) is 0. The summed E-state index contributed by atoms with van der Waals surface area (Å²) in [4.78, 5) is 0. The fourth-order valence-corrected chi connectivity index (χ4v) is 16.0. The molecule has 0 unspecified atom stereocenters. The fraction of sp³-hybridized carbons (Fsp3) is 0.284. The Kier molecular flexibility index (Phi) is 50.0. The summed E-state index contributed by atoms with van der Waals surface area (Å²) in [5.41, 5.74) is 30.5. The normalized spacial score (nSPS) is 10.4. The molecule has 0 radical (unpaired) electrons. The molecule has 0 aliphatic heterocycles. The molecule has 0 saturated carbocycles. The molecule has 12 aromatic rings. The van der Waals surface area contributed by atoms with Gasteiger partial charge in [-0.05, 0) is 430 Å². The quantitative estimate of drug-likeness (QED) is 0.0142. The Hall–Kier alpha value is -11.4. The molecule has 6 N–H and O–H groups in total. The van der Waals surface area contributed by atoms with Crippen LogP contribution < -0.4 is 60.3 Å². The number of alkyl halides is 6. The average molecular weight is 2270 g/mol. The molecule has 0 fully saturated rings. The Morgan fingerprint density at radius 2 is 0.497 bits per heavy atom. The van der Waals surface area contributed by atoms with Gasteiger partial charge in [0.2, 0.25) is 41.2 Å². The Morgan fingerprint density at radius 3 is 0.846 bits per heavy atom. The fourth-order valence-electron chi connectivity index (χ4n) is 13.7. The lowest BCUT2D eigenvalue weighted by Crippen LogP contribution is -2.15. The number of rotatable bonds is 30. The van der Waals surface area contributed by atoms with Crippen molar-refractivity contribution in [2.45, 2.75) is 171 Å². The van der Waals surface area contributed by atoms with E-state index in [1.807, 2.05) is 191 Å². The summed E-state index contributed by atoms with van der Waals surface area (Å²) in [7, 11) is 0. The molecule has 0 aliphatic rings. The van der Waals surface area contributed by atoms with E-state index in [9.17, 15) is 30.7 Å². The van der Waals surface area contributed by atoms with Gasteiger partial charge in [-0.2, -0.15) is 0 Å². The first-order valence-electron chi connectivity index (χ1n) is 44.6. The molecule has 12 aromatic carbocycles. The molecular formula is C109H118BrClF7IN6O12S6. The second kappa shape index (κ2) is 60.4. The van der Waals surface area contributed by atoms with Crippen LogP contribution in [0.15, 0.2) is 193 Å². The van der Waals surface area contributed by atoms with E-state index in [-0.39, 0.29) is 44.3 Å². The van der Waals surface area contributed by atoms with Crippen LogP contribution in [-0.2, 0) is 68.1 Å². The van der Waals surface area contributed by atoms with Gasteiger partial charge in [0.25, 0.3) is 31.0 Å². The third-order valence-corrected chi connectivity index (χ3v) is 25.9. The third kappa shape index (κ3) is 38.3. The number of ether oxygens (including phenoxy) is 12. The summed E-state index contributed by atoms with van der Waals surface area (Å²) in [6, 6.07) is 59.1. The number of halogens is 10. The molecule has 0 heterocycles. The number of aryl methyl sites for hydroxylation is 19. The Morgan fingerprint density at radius 1 is 0.259 bits per heavy atom. The lowest BCUT2D eigenvalue weighted by Gasteiger charge is -2.17. The average Bonchev–Trinajstić information content (AvgIpc) is 0.832. The van der Waals surface area contributed by atoms with Crippen molar-refractivity contribution in [1.29, 1.82) is 0 Å². The van der Waals surface area contributed by atoms with E-state index < -0.39 is 47.0 Å². The van der Waals surface area contributed by atoms with Crippen LogP contribution >= 0.6 is 123 Å². The van der Waals surface area contributed by atoms with E-state index in [4.69, 9.17) is 113 Å². The zero-order valence-corrected chi connectivity index (χ0v) is 92.4. The largest absolute Gasteiger partial charge is 0.489 e. The summed E-state index contributed by atoms with van der Waals surface area (Å²) in [6.45, 7) is 34.6. The van der Waals surface area contributed by atoms with Crippen molar-refractivity contribution in [3.63, 3.8) is 0 Å². The third-order valence-electron chi connectivity index (χ3n) is 22.4. The second-order valence-electron chi connectivity index (χ2n) is 32.8. The Bertz CT molecular complexity index is 5680. The summed E-state index contributed by atoms with van der Waals surface area (Å²) < 4.78 is 153. The minimum atomic E-state index is -1.05. The molecule has 0 saturated heterocycles. The van der Waals surface area contributed by atoms with Gasteiger partial charge >= 0.3 is 0 Å². The first-order valence-corrected chi connectivity index (χ1v) is 49.3. The van der Waals surface area contributed by atoms with E-state index in [2.05, 4.69) is 191 Å². The number of hydrogen-bond donors (Lipinski definition) is 6. The standard InChI is InChI=1S/C19H22FNO2S.C18H19BrFNO2S.C18H19ClFNO2S.C18H19F2NO2S.C18H19FINO2S.C18H20FNO2S/c1-12-6-5-7-17(21-19(24)23-11-20)16(12)10-22-18-9-14(3)13(2)8-15(18)4;2*1-11-7-13(3)17(8-12(11)2)22-9-14-15(19)5-4-6-16(14)21-18(24)23-10-20;2*1-11-7-13(3)17(8-12(11)2)22-9-14-15(20)5-4-6-16(14)21-18(24)23-10-19;1-12-8-14(3)17(9-13(12)2)21-10-15-6-4-5-7-16(15)20-18(23)22-11-19/h5-9H,10-11H2,1-4H3,(H,21,24);4*4-8H,9-10H2,1-3H3,(H,21,24);4-9H,10-11H2,1-3H3,(H,20,23). The smallest absolute Gasteiger partial charge is 0.263 e. The molecule has 34 heteroatoms. The first-order chi connectivity index (χ1) is 68.1. The molecule has 0 aromatic heterocycles. The highest BCUT2D eigenvalue weighted by Gasteiger charge is 2.20. The Balaban J connectivity index is 0.000000233. The lowest BCUT2D eigenvalue weighted by atomic mass is 10.1. The molecule has 143 heavy (non-hydrogen) atoms. The molecule has 12 rings (SSSR count). The maximum absolute atomic E-state index is 14.2. The van der Waals surface area contributed by atoms with E-state index in [1.54, 1.807) is 24.3 Å². The second-order valence-corrected chi connectivity index (χ2v) is 37.4. The molecule has 762 valence electrons. The maximum Gasteiger partial charge on any atom is 0.263 e. The molecular weight excluding hydrogens is 2150 g/mol. The number of hydrogen-bond acceptors (Lipinski definition) is 18. The van der Waals surface area contributed by atoms with Crippen LogP contribution in [0.3, 0.4) is 0 Å². The van der Waals surface area contributed by atoms with Crippen molar-refractivity contribution < 1.29 is 87.6 Å². The predicted octanol–water partition coefficient (Wildman–Crippen LogP) is 31.5. The predicted molar refractivity (Wildman–Crippen MR) is 598 cm³/mol. The van der Waals surface area contributed by atoms with E-state index in [1.165, 1.54) is 67.8 Å². The molecule has 0 aliphatic carbocycles. The monoisotopic (exact) mass is 2270 g/mol. The van der Waals surface area contributed by atoms with Gasteiger partial charge in [0.15, 0.2) is 0 Å². The van der Waals surface area contributed by atoms with Crippen LogP contribution in [0.25, 0.3) is 0 Å². The highest BCUT2D eigenvalue weighted by molar-refractivity contribution is 14.1. The van der Waals surface area contributed by atoms with Gasteiger partial charge < -0.3 is 88.7 Å². The summed E-state index contributed by atoms with van der Waals surface area (Å²) >= 11 is 41.5. The SMILES string of the molecule is Cc1cc(C)c(OCc2c(Br)cccc2NC(=S)OCF)cc1C.Cc1cc(C)c(OCc2c(C)cccc2NC(=S)OCF)cc1C.Cc1cc(C)c(OCc2c(Cl)cccc2NC(=S)OCF)cc1C.Cc1cc(C)c(OCc2c(F)cccc2NC(=S)OCF)cc1C.Cc1cc(C)c(OCc2c(I)cccc2NC(=S)OCF)cc1C.Cc1cc(C)c(OCc2ccccc2NC(=S)OCF)cc1C. The van der Waals surface area contributed by atoms with Crippen LogP contribution in [0.5, 0.6) is 34.5 Å². The van der Waals surface area contributed by atoms with Crippen molar-refractivity contribution in [2.24, 2.45) is 0 Å². The van der Waals surface area contributed by atoms with Crippen molar-refractivity contribution >= 4 is 189 Å². The minimum absolute atomic E-state index is 0.00214. The topological polar surface area (TPSA) is 183 Å². The number of para-hydroxylation sites is 1. The molecule has 0 spiro atoms.